The van der Waals surface area contributed by atoms with Gasteiger partial charge in [0, 0.05) is 6.07 Å². The molecule has 0 fully saturated rings. The summed E-state index contributed by atoms with van der Waals surface area (Å²) in [4.78, 5) is 26.4. The molecule has 0 aliphatic heterocycles. The molecular weight excluding hydrogens is 537 g/mol. The minimum absolute atomic E-state index is 0.0223. The summed E-state index contributed by atoms with van der Waals surface area (Å²) in [6.07, 6.45) is -0.984. The van der Waals surface area contributed by atoms with Gasteiger partial charge in [-0.2, -0.15) is 13.2 Å². The van der Waals surface area contributed by atoms with Gasteiger partial charge in [0.25, 0.3) is 5.76 Å². The predicted molar refractivity (Wildman–Crippen MR) is 149 cm³/mol. The number of alkyl halides is 3. The van der Waals surface area contributed by atoms with Crippen LogP contribution in [0.5, 0.6) is 23.0 Å². The number of carbonyl (C=O) groups excluding carboxylic acids is 1. The molecule has 3 aromatic carbocycles. The van der Waals surface area contributed by atoms with Gasteiger partial charge in [0.15, 0.2) is 0 Å². The molecule has 0 aliphatic rings. The Labute approximate surface area is 235 Å². The van der Waals surface area contributed by atoms with Crippen molar-refractivity contribution in [2.24, 2.45) is 0 Å². The molecule has 0 atom stereocenters. The van der Waals surface area contributed by atoms with Crippen molar-refractivity contribution in [3.05, 3.63) is 92.8 Å². The topological polar surface area (TPSA) is 75.0 Å². The fraction of sp³-hybridized carbons (Fsp3) is 0.312. The highest BCUT2D eigenvalue weighted by Crippen LogP contribution is 2.40. The van der Waals surface area contributed by atoms with Crippen molar-refractivity contribution >= 4 is 16.9 Å². The van der Waals surface area contributed by atoms with Crippen LogP contribution in [0.4, 0.5) is 13.2 Å². The number of benzene rings is 3. The number of rotatable bonds is 10. The van der Waals surface area contributed by atoms with E-state index in [0.29, 0.717) is 17.7 Å². The van der Waals surface area contributed by atoms with Crippen LogP contribution in [0.3, 0.4) is 0 Å². The van der Waals surface area contributed by atoms with E-state index in [2.05, 4.69) is 6.92 Å². The van der Waals surface area contributed by atoms with Crippen LogP contribution in [-0.2, 0) is 12.6 Å². The van der Waals surface area contributed by atoms with Gasteiger partial charge in [-0.3, -0.25) is 4.79 Å². The van der Waals surface area contributed by atoms with Gasteiger partial charge in [-0.15, -0.1) is 0 Å². The van der Waals surface area contributed by atoms with E-state index < -0.39 is 29.1 Å². The van der Waals surface area contributed by atoms with Crippen LogP contribution in [0.1, 0.15) is 65.4 Å². The number of unbranched alkanes of at least 4 members (excludes halogenated alkanes) is 3. The summed E-state index contributed by atoms with van der Waals surface area (Å²) < 4.78 is 63.9. The van der Waals surface area contributed by atoms with Crippen molar-refractivity contribution in [1.82, 2.24) is 0 Å². The Morgan fingerprint density at radius 2 is 1.59 bits per heavy atom. The molecule has 1 heterocycles. The van der Waals surface area contributed by atoms with Gasteiger partial charge in [0.05, 0.1) is 18.1 Å². The van der Waals surface area contributed by atoms with Crippen molar-refractivity contribution in [3.63, 3.8) is 0 Å². The number of methoxy groups -OCH3 is 1. The van der Waals surface area contributed by atoms with E-state index >= 15 is 0 Å². The van der Waals surface area contributed by atoms with Crippen LogP contribution in [0.2, 0.25) is 0 Å². The molecule has 6 nitrogen and oxygen atoms in total. The molecule has 0 saturated heterocycles. The Hall–Kier alpha value is -4.27. The zero-order valence-corrected chi connectivity index (χ0v) is 23.3. The standard InChI is InChI=1S/C32H31F3O6/c1-5-6-7-8-9-22-17-25-27(18-26(22)41-31(37)21-10-12-23(38-4)13-11-21)40-30(32(33,34)35)29(28(25)36)39-24-15-19(2)14-20(3)16-24/h10-18H,5-9H2,1-4H3. The predicted octanol–water partition coefficient (Wildman–Crippen LogP) is 8.57. The molecule has 0 aliphatic carbocycles. The maximum absolute atomic E-state index is 14.1. The number of aryl methyl sites for hydroxylation is 3. The van der Waals surface area contributed by atoms with E-state index in [-0.39, 0.29) is 28.0 Å². The van der Waals surface area contributed by atoms with Gasteiger partial charge in [0.1, 0.15) is 22.8 Å². The number of hydrogen-bond acceptors (Lipinski definition) is 6. The van der Waals surface area contributed by atoms with E-state index in [9.17, 15) is 22.8 Å². The Morgan fingerprint density at radius 1 is 0.902 bits per heavy atom. The highest BCUT2D eigenvalue weighted by molar-refractivity contribution is 5.92. The molecular formula is C32H31F3O6. The summed E-state index contributed by atoms with van der Waals surface area (Å²) in [5.41, 5.74) is 0.899. The molecule has 0 amide bonds. The average Bonchev–Trinajstić information content (AvgIpc) is 2.91. The summed E-state index contributed by atoms with van der Waals surface area (Å²) in [5.74, 6) is -2.58. The number of ether oxygens (including phenoxy) is 3. The number of esters is 1. The molecule has 4 rings (SSSR count). The molecule has 0 spiro atoms. The van der Waals surface area contributed by atoms with Gasteiger partial charge in [-0.1, -0.05) is 32.3 Å². The van der Waals surface area contributed by atoms with Crippen molar-refractivity contribution in [2.75, 3.05) is 7.11 Å². The smallest absolute Gasteiger partial charge is 0.453 e. The van der Waals surface area contributed by atoms with Crippen LogP contribution in [0.25, 0.3) is 11.0 Å². The number of fused-ring (bicyclic) bond motifs is 1. The summed E-state index contributed by atoms with van der Waals surface area (Å²) in [7, 11) is 1.49. The van der Waals surface area contributed by atoms with E-state index in [1.54, 1.807) is 26.0 Å². The van der Waals surface area contributed by atoms with Gasteiger partial charge in [-0.25, -0.2) is 4.79 Å². The molecule has 41 heavy (non-hydrogen) atoms. The summed E-state index contributed by atoms with van der Waals surface area (Å²) >= 11 is 0. The van der Waals surface area contributed by atoms with Crippen LogP contribution in [-0.4, -0.2) is 13.1 Å². The van der Waals surface area contributed by atoms with E-state index in [1.165, 1.54) is 43.5 Å². The molecule has 0 bridgehead atoms. The second-order valence-corrected chi connectivity index (χ2v) is 9.90. The van der Waals surface area contributed by atoms with Gasteiger partial charge >= 0.3 is 12.1 Å². The van der Waals surface area contributed by atoms with Gasteiger partial charge in [-0.05, 0) is 85.8 Å². The van der Waals surface area contributed by atoms with E-state index in [4.69, 9.17) is 18.6 Å². The van der Waals surface area contributed by atoms with E-state index in [0.717, 1.165) is 36.8 Å². The highest BCUT2D eigenvalue weighted by Gasteiger charge is 2.40. The molecule has 216 valence electrons. The van der Waals surface area contributed by atoms with Crippen LogP contribution in [0.15, 0.2) is 63.8 Å². The molecule has 0 saturated carbocycles. The SMILES string of the molecule is CCCCCCc1cc2c(=O)c(Oc3cc(C)cc(C)c3)c(C(F)(F)F)oc2cc1OC(=O)c1ccc(OC)cc1. The molecule has 0 N–H and O–H groups in total. The first-order valence-electron chi connectivity index (χ1n) is 13.3. The molecule has 0 radical (unpaired) electrons. The number of hydrogen-bond donors (Lipinski definition) is 0. The quantitative estimate of drug-likeness (QED) is 0.108. The summed E-state index contributed by atoms with van der Waals surface area (Å²) in [5, 5.41) is -0.105. The minimum atomic E-state index is -5.03. The Balaban J connectivity index is 1.82. The number of halogens is 3. The molecule has 4 aromatic rings. The van der Waals surface area contributed by atoms with Crippen molar-refractivity contribution in [3.8, 4) is 23.0 Å². The lowest BCUT2D eigenvalue weighted by Gasteiger charge is -2.16. The first kappa shape index (κ1) is 29.7. The maximum Gasteiger partial charge on any atom is 0.453 e. The highest BCUT2D eigenvalue weighted by atomic mass is 19.4. The maximum atomic E-state index is 14.1. The molecule has 1 aromatic heterocycles. The first-order valence-corrected chi connectivity index (χ1v) is 13.3. The van der Waals surface area contributed by atoms with Crippen molar-refractivity contribution in [1.29, 1.82) is 0 Å². The Kier molecular flexibility index (Phi) is 9.05. The second-order valence-electron chi connectivity index (χ2n) is 9.90. The van der Waals surface area contributed by atoms with Gasteiger partial charge < -0.3 is 18.6 Å². The van der Waals surface area contributed by atoms with Crippen molar-refractivity contribution in [2.45, 2.75) is 59.1 Å². The summed E-state index contributed by atoms with van der Waals surface area (Å²) in [6.45, 7) is 5.61. The fourth-order valence-electron chi connectivity index (χ4n) is 4.56. The normalized spacial score (nSPS) is 11.5. The lowest BCUT2D eigenvalue weighted by atomic mass is 10.0. The zero-order valence-electron chi connectivity index (χ0n) is 23.3. The lowest BCUT2D eigenvalue weighted by Crippen LogP contribution is -2.16. The van der Waals surface area contributed by atoms with Gasteiger partial charge in [0.2, 0.25) is 11.2 Å². The second kappa shape index (κ2) is 12.5. The van der Waals surface area contributed by atoms with Crippen LogP contribution in [0, 0.1) is 13.8 Å². The van der Waals surface area contributed by atoms with Crippen LogP contribution >= 0.6 is 0 Å². The number of carbonyl (C=O) groups is 1. The Morgan fingerprint density at radius 3 is 2.20 bits per heavy atom. The largest absolute Gasteiger partial charge is 0.497 e. The third-order valence-electron chi connectivity index (χ3n) is 6.53. The first-order chi connectivity index (χ1) is 19.5. The van der Waals surface area contributed by atoms with Crippen molar-refractivity contribution < 1.29 is 36.6 Å². The average molecular weight is 569 g/mol. The van der Waals surface area contributed by atoms with Crippen LogP contribution < -0.4 is 19.6 Å². The molecule has 0 unspecified atom stereocenters. The fourth-order valence-corrected chi connectivity index (χ4v) is 4.56. The third-order valence-corrected chi connectivity index (χ3v) is 6.53. The Bertz CT molecular complexity index is 1580. The van der Waals surface area contributed by atoms with E-state index in [1.807, 2.05) is 6.07 Å². The summed E-state index contributed by atoms with van der Waals surface area (Å²) in [6, 6.07) is 13.7. The lowest BCUT2D eigenvalue weighted by molar-refractivity contribution is -0.154. The monoisotopic (exact) mass is 568 g/mol. The third kappa shape index (κ3) is 7.09. The minimum Gasteiger partial charge on any atom is -0.497 e. The zero-order chi connectivity index (χ0) is 29.7. The molecule has 9 heteroatoms.